The highest BCUT2D eigenvalue weighted by Gasteiger charge is 2.38. The molecule has 1 aromatic heterocycles. The van der Waals surface area contributed by atoms with Crippen LogP contribution in [0.5, 0.6) is 11.5 Å². The molecule has 1 atom stereocenters. The number of methoxy groups -OCH3 is 1. The summed E-state index contributed by atoms with van der Waals surface area (Å²) in [4.78, 5) is 37.6. The van der Waals surface area contributed by atoms with Gasteiger partial charge in [-0.25, -0.2) is 18.5 Å². The Kier molecular flexibility index (Phi) is 5.86. The van der Waals surface area contributed by atoms with Gasteiger partial charge in [-0.1, -0.05) is 0 Å². The second-order valence-electron chi connectivity index (χ2n) is 7.24. The molecule has 4 rings (SSSR count). The monoisotopic (exact) mass is 473 g/mol. The zero-order valence-corrected chi connectivity index (χ0v) is 18.2. The SMILES string of the molecule is COc1ccc(F)cc1C(C)Oc1ccc(F)c(N2C(=O)Cc3csc(C(=O)O)c3C2=O)c1. The molecule has 0 radical (unpaired) electrons. The van der Waals surface area contributed by atoms with Gasteiger partial charge >= 0.3 is 5.97 Å². The van der Waals surface area contributed by atoms with E-state index in [0.29, 0.717) is 21.8 Å². The van der Waals surface area contributed by atoms with E-state index < -0.39 is 35.5 Å². The van der Waals surface area contributed by atoms with Gasteiger partial charge in [0.2, 0.25) is 5.91 Å². The summed E-state index contributed by atoms with van der Waals surface area (Å²) < 4.78 is 39.5. The number of hydrogen-bond donors (Lipinski definition) is 1. The molecule has 2 heterocycles. The first-order chi connectivity index (χ1) is 15.7. The fraction of sp³-hybridized carbons (Fsp3) is 0.174. The molecule has 170 valence electrons. The molecule has 0 saturated carbocycles. The van der Waals surface area contributed by atoms with Crippen molar-refractivity contribution in [3.05, 3.63) is 75.0 Å². The Labute approximate surface area is 190 Å². The van der Waals surface area contributed by atoms with Crippen LogP contribution < -0.4 is 14.4 Å². The Morgan fingerprint density at radius 2 is 1.94 bits per heavy atom. The van der Waals surface area contributed by atoms with E-state index in [1.54, 1.807) is 6.92 Å². The van der Waals surface area contributed by atoms with Crippen molar-refractivity contribution in [2.45, 2.75) is 19.4 Å². The molecule has 0 aliphatic carbocycles. The number of rotatable bonds is 6. The number of ether oxygens (including phenoxy) is 2. The van der Waals surface area contributed by atoms with E-state index in [9.17, 15) is 28.3 Å². The molecule has 1 aliphatic rings. The highest BCUT2D eigenvalue weighted by atomic mass is 32.1. The van der Waals surface area contributed by atoms with Crippen LogP contribution in [-0.4, -0.2) is 30.0 Å². The number of halogens is 2. The standard InChI is InChI=1S/C23H17F2NO6S/c1-11(15-8-13(24)3-6-18(15)31-2)32-14-4-5-16(25)17(9-14)26-19(27)7-12-10-33-21(23(29)30)20(12)22(26)28/h3-6,8-11H,7H2,1-2H3,(H,29,30). The van der Waals surface area contributed by atoms with Crippen LogP contribution in [0.1, 0.15) is 44.2 Å². The second kappa shape index (κ2) is 8.62. The van der Waals surface area contributed by atoms with Crippen molar-refractivity contribution in [3.8, 4) is 11.5 Å². The van der Waals surface area contributed by atoms with Crippen molar-refractivity contribution in [2.24, 2.45) is 0 Å². The molecule has 7 nitrogen and oxygen atoms in total. The lowest BCUT2D eigenvalue weighted by molar-refractivity contribution is -0.117. The van der Waals surface area contributed by atoms with Crippen molar-refractivity contribution in [3.63, 3.8) is 0 Å². The third kappa shape index (κ3) is 4.05. The van der Waals surface area contributed by atoms with E-state index >= 15 is 0 Å². The van der Waals surface area contributed by atoms with Crippen LogP contribution in [0.2, 0.25) is 0 Å². The van der Waals surface area contributed by atoms with E-state index in [4.69, 9.17) is 9.47 Å². The minimum Gasteiger partial charge on any atom is -0.496 e. The minimum atomic E-state index is -1.31. The smallest absolute Gasteiger partial charge is 0.346 e. The van der Waals surface area contributed by atoms with Gasteiger partial charge < -0.3 is 14.6 Å². The first-order valence-electron chi connectivity index (χ1n) is 9.71. The predicted molar refractivity (Wildman–Crippen MR) is 115 cm³/mol. The molecule has 1 unspecified atom stereocenters. The molecule has 0 fully saturated rings. The lowest BCUT2D eigenvalue weighted by atomic mass is 10.0. The molecule has 10 heteroatoms. The zero-order chi connectivity index (χ0) is 23.9. The number of hydrogen-bond acceptors (Lipinski definition) is 6. The van der Waals surface area contributed by atoms with Gasteiger partial charge in [0.15, 0.2) is 0 Å². The molecule has 33 heavy (non-hydrogen) atoms. The predicted octanol–water partition coefficient (Wildman–Crippen LogP) is 4.60. The molecule has 1 N–H and O–H groups in total. The van der Waals surface area contributed by atoms with Crippen LogP contribution in [0, 0.1) is 11.6 Å². The minimum absolute atomic E-state index is 0.111. The van der Waals surface area contributed by atoms with Crippen LogP contribution in [0.15, 0.2) is 41.8 Å². The van der Waals surface area contributed by atoms with Crippen molar-refractivity contribution < 1.29 is 37.7 Å². The highest BCUT2D eigenvalue weighted by molar-refractivity contribution is 7.12. The maximum absolute atomic E-state index is 14.7. The Morgan fingerprint density at radius 3 is 2.64 bits per heavy atom. The molecular weight excluding hydrogens is 456 g/mol. The Morgan fingerprint density at radius 1 is 1.18 bits per heavy atom. The number of aromatic carboxylic acids is 1. The molecule has 1 aliphatic heterocycles. The number of benzene rings is 2. The van der Waals surface area contributed by atoms with Crippen molar-refractivity contribution in [1.82, 2.24) is 0 Å². The number of carbonyl (C=O) groups excluding carboxylic acids is 2. The number of anilines is 1. The summed E-state index contributed by atoms with van der Waals surface area (Å²) in [5.41, 5.74) is 0.204. The maximum Gasteiger partial charge on any atom is 0.346 e. The number of carboxylic acids is 1. The molecule has 0 spiro atoms. The maximum atomic E-state index is 14.7. The van der Waals surface area contributed by atoms with Crippen LogP contribution >= 0.6 is 11.3 Å². The van der Waals surface area contributed by atoms with Gasteiger partial charge in [0.1, 0.15) is 34.1 Å². The van der Waals surface area contributed by atoms with Crippen LogP contribution in [0.25, 0.3) is 0 Å². The molecule has 2 amide bonds. The summed E-state index contributed by atoms with van der Waals surface area (Å²) in [7, 11) is 1.43. The average Bonchev–Trinajstić information content (AvgIpc) is 3.20. The number of fused-ring (bicyclic) bond motifs is 1. The molecule has 2 aromatic carbocycles. The number of carbonyl (C=O) groups is 3. The van der Waals surface area contributed by atoms with E-state index in [2.05, 4.69) is 0 Å². The van der Waals surface area contributed by atoms with E-state index in [1.165, 1.54) is 42.8 Å². The molecular formula is C23H17F2NO6S. The van der Waals surface area contributed by atoms with Gasteiger partial charge in [-0.3, -0.25) is 9.59 Å². The van der Waals surface area contributed by atoms with Crippen LogP contribution in [0.4, 0.5) is 14.5 Å². The first-order valence-corrected chi connectivity index (χ1v) is 10.6. The third-order valence-electron chi connectivity index (χ3n) is 5.17. The molecule has 0 bridgehead atoms. The fourth-order valence-corrected chi connectivity index (χ4v) is 4.55. The molecule has 0 saturated heterocycles. The number of imide groups is 1. The summed E-state index contributed by atoms with van der Waals surface area (Å²) >= 11 is 0.834. The topological polar surface area (TPSA) is 93.1 Å². The first kappa shape index (κ1) is 22.4. The van der Waals surface area contributed by atoms with E-state index in [-0.39, 0.29) is 28.3 Å². The lowest BCUT2D eigenvalue weighted by Gasteiger charge is -2.26. The van der Waals surface area contributed by atoms with Crippen molar-refractivity contribution >= 4 is 34.8 Å². The highest BCUT2D eigenvalue weighted by Crippen LogP contribution is 2.36. The fourth-order valence-electron chi connectivity index (χ4n) is 3.65. The van der Waals surface area contributed by atoms with Crippen molar-refractivity contribution in [2.75, 3.05) is 12.0 Å². The number of thiophene rings is 1. The molecule has 3 aromatic rings. The lowest BCUT2D eigenvalue weighted by Crippen LogP contribution is -2.43. The van der Waals surface area contributed by atoms with Crippen LogP contribution in [-0.2, 0) is 11.2 Å². The largest absolute Gasteiger partial charge is 0.496 e. The Bertz CT molecular complexity index is 1290. The number of amides is 2. The number of carboxylic acid groups (broad SMARTS) is 1. The van der Waals surface area contributed by atoms with Gasteiger partial charge in [-0.15, -0.1) is 11.3 Å². The van der Waals surface area contributed by atoms with Gasteiger partial charge in [0.05, 0.1) is 24.8 Å². The van der Waals surface area contributed by atoms with E-state index in [1.807, 2.05) is 0 Å². The second-order valence-corrected chi connectivity index (χ2v) is 8.12. The van der Waals surface area contributed by atoms with Gasteiger partial charge in [-0.05, 0) is 48.2 Å². The van der Waals surface area contributed by atoms with Crippen molar-refractivity contribution in [1.29, 1.82) is 0 Å². The Balaban J connectivity index is 1.69. The Hall–Kier alpha value is -3.79. The quantitative estimate of drug-likeness (QED) is 0.526. The summed E-state index contributed by atoms with van der Waals surface area (Å²) in [5, 5.41) is 10.8. The summed E-state index contributed by atoms with van der Waals surface area (Å²) in [6.45, 7) is 1.63. The normalized spacial score (nSPS) is 14.1. The summed E-state index contributed by atoms with van der Waals surface area (Å²) in [5.74, 6) is -3.78. The van der Waals surface area contributed by atoms with Gasteiger partial charge in [-0.2, -0.15) is 0 Å². The van der Waals surface area contributed by atoms with E-state index in [0.717, 1.165) is 17.4 Å². The summed E-state index contributed by atoms with van der Waals surface area (Å²) in [6, 6.07) is 7.44. The average molecular weight is 473 g/mol. The zero-order valence-electron chi connectivity index (χ0n) is 17.4. The third-order valence-corrected chi connectivity index (χ3v) is 6.19. The van der Waals surface area contributed by atoms with Gasteiger partial charge in [0, 0.05) is 11.6 Å². The summed E-state index contributed by atoms with van der Waals surface area (Å²) in [6.07, 6.45) is -0.962. The van der Waals surface area contributed by atoms with Crippen LogP contribution in [0.3, 0.4) is 0 Å². The number of nitrogens with zero attached hydrogens (tertiary/aromatic N) is 1. The van der Waals surface area contributed by atoms with Gasteiger partial charge in [0.25, 0.3) is 5.91 Å².